The van der Waals surface area contributed by atoms with Gasteiger partial charge in [0.05, 0.1) is 17.0 Å². The largest absolute Gasteiger partial charge is 0.381 e. The quantitative estimate of drug-likeness (QED) is 0.927. The average Bonchev–Trinajstić information content (AvgIpc) is 3.49. The highest BCUT2D eigenvalue weighted by molar-refractivity contribution is 5.86. The molecule has 2 aliphatic carbocycles. The lowest BCUT2D eigenvalue weighted by Crippen LogP contribution is -2.40. The lowest BCUT2D eigenvalue weighted by atomic mass is 9.87. The Morgan fingerprint density at radius 1 is 1.16 bits per heavy atom. The zero-order valence-corrected chi connectivity index (χ0v) is 14.4. The van der Waals surface area contributed by atoms with Crippen molar-refractivity contribution in [3.05, 3.63) is 40.4 Å². The molecule has 2 fully saturated rings. The average molecular weight is 341 g/mol. The van der Waals surface area contributed by atoms with E-state index in [1.165, 1.54) is 4.68 Å². The third kappa shape index (κ3) is 3.18. The van der Waals surface area contributed by atoms with Crippen LogP contribution in [-0.2, 0) is 9.53 Å². The molecule has 1 heterocycles. The molecule has 4 rings (SSSR count). The molecule has 0 saturated heterocycles. The lowest BCUT2D eigenvalue weighted by molar-refractivity contribution is -0.122. The first-order valence-electron chi connectivity index (χ1n) is 9.02. The topological polar surface area (TPSA) is 73.2 Å². The fourth-order valence-electron chi connectivity index (χ4n) is 3.64. The second-order valence-corrected chi connectivity index (χ2v) is 7.09. The van der Waals surface area contributed by atoms with Crippen molar-refractivity contribution in [2.45, 2.75) is 50.5 Å². The highest BCUT2D eigenvalue weighted by Gasteiger charge is 2.32. The Balaban J connectivity index is 1.62. The molecule has 1 amide bonds. The Morgan fingerprint density at radius 2 is 1.88 bits per heavy atom. The van der Waals surface area contributed by atoms with Crippen molar-refractivity contribution in [2.75, 3.05) is 12.5 Å². The Bertz CT molecular complexity index is 849. The molecular weight excluding hydrogens is 318 g/mol. The number of aromatic nitrogens is 2. The van der Waals surface area contributed by atoms with Crippen molar-refractivity contribution < 1.29 is 9.53 Å². The summed E-state index contributed by atoms with van der Waals surface area (Å²) in [5.41, 5.74) is 3.36. The summed E-state index contributed by atoms with van der Waals surface area (Å²) >= 11 is 0. The van der Waals surface area contributed by atoms with Gasteiger partial charge in [0.25, 0.3) is 5.56 Å². The number of para-hydroxylation sites is 1. The fraction of sp³-hybridized carbons (Fsp3) is 0.526. The highest BCUT2D eigenvalue weighted by atomic mass is 16.5. The standard InChI is InChI=1S/C19H23N3O3/c1-25-14-10-8-13(9-11-14)18(23)21-22-17(12-6-7-12)20-16-5-3-2-4-15(16)19(22)24/h2-5,12-14H,6-11H2,1H3,(H,21,23). The predicted octanol–water partition coefficient (Wildman–Crippen LogP) is 2.55. The van der Waals surface area contributed by atoms with E-state index in [0.717, 1.165) is 38.5 Å². The van der Waals surface area contributed by atoms with E-state index in [9.17, 15) is 9.59 Å². The normalized spacial score (nSPS) is 23.6. The molecule has 1 aromatic carbocycles. The Morgan fingerprint density at radius 3 is 2.56 bits per heavy atom. The zero-order valence-electron chi connectivity index (χ0n) is 14.4. The molecule has 2 aliphatic rings. The number of hydrogen-bond donors (Lipinski definition) is 1. The van der Waals surface area contributed by atoms with Gasteiger partial charge in [0.1, 0.15) is 5.82 Å². The van der Waals surface area contributed by atoms with Crippen LogP contribution in [-0.4, -0.2) is 28.8 Å². The van der Waals surface area contributed by atoms with E-state index < -0.39 is 0 Å². The van der Waals surface area contributed by atoms with Crippen LogP contribution in [0.2, 0.25) is 0 Å². The van der Waals surface area contributed by atoms with Crippen LogP contribution in [0.25, 0.3) is 10.9 Å². The third-order valence-corrected chi connectivity index (χ3v) is 5.34. The number of rotatable bonds is 4. The van der Waals surface area contributed by atoms with Gasteiger partial charge in [-0.1, -0.05) is 12.1 Å². The highest BCUT2D eigenvalue weighted by Crippen LogP contribution is 2.38. The first kappa shape index (κ1) is 16.3. The van der Waals surface area contributed by atoms with Gasteiger partial charge in [-0.3, -0.25) is 15.0 Å². The minimum Gasteiger partial charge on any atom is -0.381 e. The van der Waals surface area contributed by atoms with E-state index >= 15 is 0 Å². The summed E-state index contributed by atoms with van der Waals surface area (Å²) in [7, 11) is 1.72. The van der Waals surface area contributed by atoms with E-state index in [-0.39, 0.29) is 29.4 Å². The number of amides is 1. The Kier molecular flexibility index (Phi) is 4.29. The molecule has 0 spiro atoms. The fourth-order valence-corrected chi connectivity index (χ4v) is 3.64. The van der Waals surface area contributed by atoms with Crippen molar-refractivity contribution in [3.8, 4) is 0 Å². The third-order valence-electron chi connectivity index (χ3n) is 5.34. The maximum absolute atomic E-state index is 12.9. The minimum absolute atomic E-state index is 0.0724. The molecule has 2 saturated carbocycles. The molecule has 6 heteroatoms. The summed E-state index contributed by atoms with van der Waals surface area (Å²) in [6.45, 7) is 0. The number of hydrogen-bond acceptors (Lipinski definition) is 4. The van der Waals surface area contributed by atoms with Crippen LogP contribution in [0.15, 0.2) is 29.1 Å². The van der Waals surface area contributed by atoms with Crippen LogP contribution in [0, 0.1) is 5.92 Å². The van der Waals surface area contributed by atoms with Gasteiger partial charge in [0.15, 0.2) is 0 Å². The molecule has 132 valence electrons. The van der Waals surface area contributed by atoms with Gasteiger partial charge in [-0.25, -0.2) is 9.66 Å². The number of carbonyl (C=O) groups excluding carboxylic acids is 1. The molecule has 1 aromatic heterocycles. The van der Waals surface area contributed by atoms with Crippen molar-refractivity contribution in [3.63, 3.8) is 0 Å². The first-order chi connectivity index (χ1) is 12.2. The summed E-state index contributed by atoms with van der Waals surface area (Å²) in [6, 6.07) is 7.30. The molecule has 0 atom stereocenters. The molecule has 2 aromatic rings. The van der Waals surface area contributed by atoms with Gasteiger partial charge in [-0.15, -0.1) is 0 Å². The van der Waals surface area contributed by atoms with Crippen LogP contribution in [0.1, 0.15) is 50.3 Å². The van der Waals surface area contributed by atoms with Gasteiger partial charge in [-0.05, 0) is 50.7 Å². The second-order valence-electron chi connectivity index (χ2n) is 7.09. The monoisotopic (exact) mass is 341 g/mol. The molecular formula is C19H23N3O3. The number of ether oxygens (including phenoxy) is 1. The lowest BCUT2D eigenvalue weighted by Gasteiger charge is -2.27. The van der Waals surface area contributed by atoms with Crippen molar-refractivity contribution in [2.24, 2.45) is 5.92 Å². The van der Waals surface area contributed by atoms with E-state index in [0.29, 0.717) is 16.7 Å². The van der Waals surface area contributed by atoms with E-state index in [1.807, 2.05) is 18.2 Å². The van der Waals surface area contributed by atoms with E-state index in [2.05, 4.69) is 10.4 Å². The van der Waals surface area contributed by atoms with Gasteiger partial charge in [0.2, 0.25) is 5.91 Å². The van der Waals surface area contributed by atoms with Gasteiger partial charge < -0.3 is 4.74 Å². The molecule has 1 N–H and O–H groups in total. The number of methoxy groups -OCH3 is 1. The number of benzene rings is 1. The smallest absolute Gasteiger partial charge is 0.280 e. The van der Waals surface area contributed by atoms with Crippen LogP contribution in [0.5, 0.6) is 0 Å². The van der Waals surface area contributed by atoms with Crippen LogP contribution < -0.4 is 11.0 Å². The SMILES string of the molecule is COC1CCC(C(=O)Nn2c(C3CC3)nc3ccccc3c2=O)CC1. The number of nitrogens with zero attached hydrogens (tertiary/aromatic N) is 2. The maximum atomic E-state index is 12.9. The zero-order chi connectivity index (χ0) is 17.4. The summed E-state index contributed by atoms with van der Waals surface area (Å²) in [5.74, 6) is 0.789. The van der Waals surface area contributed by atoms with Gasteiger partial charge in [-0.2, -0.15) is 0 Å². The van der Waals surface area contributed by atoms with Gasteiger partial charge in [0, 0.05) is 18.9 Å². The Labute approximate surface area is 146 Å². The van der Waals surface area contributed by atoms with Crippen molar-refractivity contribution >= 4 is 16.8 Å². The van der Waals surface area contributed by atoms with Crippen molar-refractivity contribution in [1.82, 2.24) is 9.66 Å². The summed E-state index contributed by atoms with van der Waals surface area (Å²) in [4.78, 5) is 30.2. The van der Waals surface area contributed by atoms with Crippen LogP contribution >= 0.6 is 0 Å². The molecule has 0 bridgehead atoms. The molecule has 0 radical (unpaired) electrons. The molecule has 0 aliphatic heterocycles. The maximum Gasteiger partial charge on any atom is 0.280 e. The van der Waals surface area contributed by atoms with Crippen molar-refractivity contribution in [1.29, 1.82) is 0 Å². The summed E-state index contributed by atoms with van der Waals surface area (Å²) in [6.07, 6.45) is 5.62. The first-order valence-corrected chi connectivity index (χ1v) is 9.02. The number of fused-ring (bicyclic) bond motifs is 1. The molecule has 25 heavy (non-hydrogen) atoms. The van der Waals surface area contributed by atoms with Crippen LogP contribution in [0.3, 0.4) is 0 Å². The van der Waals surface area contributed by atoms with Gasteiger partial charge >= 0.3 is 0 Å². The van der Waals surface area contributed by atoms with E-state index in [1.54, 1.807) is 13.2 Å². The minimum atomic E-state index is -0.188. The predicted molar refractivity (Wildman–Crippen MR) is 95.1 cm³/mol. The molecule has 6 nitrogen and oxygen atoms in total. The molecule has 0 unspecified atom stereocenters. The Hall–Kier alpha value is -2.21. The van der Waals surface area contributed by atoms with E-state index in [4.69, 9.17) is 4.74 Å². The van der Waals surface area contributed by atoms with Crippen LogP contribution in [0.4, 0.5) is 0 Å². The number of carbonyl (C=O) groups is 1. The second kappa shape index (κ2) is 6.59. The summed E-state index contributed by atoms with van der Waals surface area (Å²) < 4.78 is 6.76. The summed E-state index contributed by atoms with van der Waals surface area (Å²) in [5, 5.41) is 0.537. The number of nitrogens with one attached hydrogen (secondary N) is 1.